The van der Waals surface area contributed by atoms with E-state index in [1.54, 1.807) is 14.2 Å². The summed E-state index contributed by atoms with van der Waals surface area (Å²) in [5.74, 6) is 7.50. The van der Waals surface area contributed by atoms with E-state index < -0.39 is 0 Å². The van der Waals surface area contributed by atoms with Crippen LogP contribution in [0.4, 0.5) is 0 Å². The molecule has 740 valence electrons. The minimum absolute atomic E-state index is 0.223. The molecule has 10 fully saturated rings. The molecule has 0 radical (unpaired) electrons. The van der Waals surface area contributed by atoms with Gasteiger partial charge in [-0.05, 0) is 266 Å². The summed E-state index contributed by atoms with van der Waals surface area (Å²) in [7, 11) is 9.92. The molecular formula is C111H233N3O8. The fraction of sp³-hybridized carbons (Fsp3) is 1.00. The molecule has 0 spiro atoms. The lowest BCUT2D eigenvalue weighted by Crippen LogP contribution is -2.41. The van der Waals surface area contributed by atoms with Gasteiger partial charge in [0.1, 0.15) is 0 Å². The van der Waals surface area contributed by atoms with Gasteiger partial charge in [-0.1, -0.05) is 325 Å². The second kappa shape index (κ2) is 57.9. The zero-order chi connectivity index (χ0) is 96.6. The highest BCUT2D eigenvalue weighted by Gasteiger charge is 2.47. The molecular weight excluding hydrogens is 1500 g/mol. The van der Waals surface area contributed by atoms with E-state index in [9.17, 15) is 0 Å². The maximum absolute atomic E-state index is 5.52. The smallest absolute Gasteiger partial charge is 0.0857 e. The number of hydrogen-bond donors (Lipinski definition) is 0. The van der Waals surface area contributed by atoms with E-state index >= 15 is 0 Å². The van der Waals surface area contributed by atoms with Crippen LogP contribution >= 0.6 is 0 Å². The average Bonchev–Trinajstić information content (AvgIpc) is 1.64. The quantitative estimate of drug-likeness (QED) is 0.270. The van der Waals surface area contributed by atoms with E-state index in [1.807, 2.05) is 0 Å². The Morgan fingerprint density at radius 3 is 0.943 bits per heavy atom. The van der Waals surface area contributed by atoms with Crippen LogP contribution < -0.4 is 0 Å². The molecule has 6 aliphatic heterocycles. The van der Waals surface area contributed by atoms with Crippen molar-refractivity contribution < 1.29 is 37.9 Å². The lowest BCUT2D eigenvalue weighted by Gasteiger charge is -2.37. The minimum atomic E-state index is 0.223. The Balaban J connectivity index is -0.000000616. The van der Waals surface area contributed by atoms with Crippen molar-refractivity contribution in [2.45, 2.75) is 446 Å². The van der Waals surface area contributed by atoms with Crippen molar-refractivity contribution in [2.24, 2.45) is 129 Å². The fourth-order valence-corrected chi connectivity index (χ4v) is 15.0. The monoisotopic (exact) mass is 1740 g/mol. The largest absolute Gasteiger partial charge is 0.384 e. The van der Waals surface area contributed by atoms with Crippen LogP contribution in [0.15, 0.2) is 0 Å². The lowest BCUT2D eigenvalue weighted by atomic mass is 9.69. The maximum atomic E-state index is 5.52. The zero-order valence-corrected chi connectivity index (χ0v) is 93.8. The summed E-state index contributed by atoms with van der Waals surface area (Å²) in [4.78, 5) is 7.15. The predicted molar refractivity (Wildman–Crippen MR) is 543 cm³/mol. The molecule has 7 atom stereocenters. The van der Waals surface area contributed by atoms with E-state index in [4.69, 9.17) is 37.9 Å². The molecule has 4 aliphatic carbocycles. The van der Waals surface area contributed by atoms with Crippen LogP contribution in [-0.4, -0.2) is 180 Å². The van der Waals surface area contributed by atoms with E-state index in [-0.39, 0.29) is 16.9 Å². The molecule has 10 rings (SSSR count). The SMILES string of the molecule is CC(C)(C)C1(C)CC1.CC(C)(C)C1CC1.CC(C)(C)C1CCC1.CC(C)(C)C1CCCO1.CC(C)(C)C1CCOC1.CC(C)(C)C1CCOCC1.CC(C)(C)C1COCCO1.CC(C)(C)CN1CCOCC1.CC(C)C(C)(C)C.CC1CC1C(C)(C)C.CN(C)CC(C)(C)C.CN1CCCC(C(C)(C)C)CC1.COC(C)C(C)(C)C.COCC(C)(C)C. The van der Waals surface area contributed by atoms with Crippen molar-refractivity contribution in [3.63, 3.8) is 0 Å². The number of likely N-dealkylation sites (tertiary alicyclic amines) is 1. The van der Waals surface area contributed by atoms with Gasteiger partial charge < -0.3 is 47.7 Å². The Morgan fingerprint density at radius 2 is 0.762 bits per heavy atom. The van der Waals surface area contributed by atoms with Gasteiger partial charge in [0.05, 0.1) is 58.0 Å². The number of ether oxygens (including phenoxy) is 8. The van der Waals surface area contributed by atoms with Crippen molar-refractivity contribution in [3.05, 3.63) is 0 Å². The molecule has 7 unspecified atom stereocenters. The zero-order valence-electron chi connectivity index (χ0n) is 93.8. The van der Waals surface area contributed by atoms with Crippen LogP contribution in [0, 0.1) is 129 Å². The van der Waals surface area contributed by atoms with Crippen molar-refractivity contribution in [3.8, 4) is 0 Å². The lowest BCUT2D eigenvalue weighted by molar-refractivity contribution is -0.128. The Kier molecular flexibility index (Phi) is 60.6. The van der Waals surface area contributed by atoms with Gasteiger partial charge in [0.15, 0.2) is 0 Å². The molecule has 4 saturated carbocycles. The van der Waals surface area contributed by atoms with Gasteiger partial charge in [-0.25, -0.2) is 0 Å². The summed E-state index contributed by atoms with van der Waals surface area (Å²) >= 11 is 0. The van der Waals surface area contributed by atoms with Gasteiger partial charge in [-0.3, -0.25) is 4.90 Å². The first-order chi connectivity index (χ1) is 54.6. The Morgan fingerprint density at radius 1 is 0.377 bits per heavy atom. The summed E-state index contributed by atoms with van der Waals surface area (Å²) in [6.45, 7) is 124. The third kappa shape index (κ3) is 71.3. The molecule has 11 heteroatoms. The van der Waals surface area contributed by atoms with Gasteiger partial charge in [0.2, 0.25) is 0 Å². The van der Waals surface area contributed by atoms with E-state index in [2.05, 4.69) is 361 Å². The predicted octanol–water partition coefficient (Wildman–Crippen LogP) is 31.1. The van der Waals surface area contributed by atoms with Gasteiger partial charge in [-0.15, -0.1) is 0 Å². The van der Waals surface area contributed by atoms with E-state index in [0.717, 1.165) is 140 Å². The minimum Gasteiger partial charge on any atom is -0.384 e. The van der Waals surface area contributed by atoms with Crippen LogP contribution in [0.5, 0.6) is 0 Å². The highest BCUT2D eigenvalue weighted by Crippen LogP contribution is 2.58. The van der Waals surface area contributed by atoms with Gasteiger partial charge in [0.25, 0.3) is 0 Å². The molecule has 0 aromatic heterocycles. The molecule has 0 aromatic carbocycles. The maximum Gasteiger partial charge on any atom is 0.0857 e. The molecule has 122 heavy (non-hydrogen) atoms. The third-order valence-corrected chi connectivity index (χ3v) is 27.1. The highest BCUT2D eigenvalue weighted by molar-refractivity contribution is 4.98. The first kappa shape index (κ1) is 128. The second-order valence-electron chi connectivity index (χ2n) is 55.3. The Bertz CT molecular complexity index is 2350. The molecule has 10 aliphatic rings. The third-order valence-electron chi connectivity index (χ3n) is 27.1. The Hall–Kier alpha value is -0.440. The van der Waals surface area contributed by atoms with Crippen LogP contribution in [-0.2, 0) is 37.9 Å². The molecule has 6 saturated heterocycles. The number of rotatable bonds is 4. The summed E-state index contributed by atoms with van der Waals surface area (Å²) < 4.78 is 42.2. The first-order valence-corrected chi connectivity index (χ1v) is 50.2. The molecule has 0 bridgehead atoms. The van der Waals surface area contributed by atoms with E-state index in [0.29, 0.717) is 82.6 Å². The van der Waals surface area contributed by atoms with Crippen molar-refractivity contribution in [1.82, 2.24) is 14.7 Å². The van der Waals surface area contributed by atoms with Crippen LogP contribution in [0.3, 0.4) is 0 Å². The summed E-state index contributed by atoms with van der Waals surface area (Å²) in [6, 6.07) is 0. The van der Waals surface area contributed by atoms with Gasteiger partial charge >= 0.3 is 0 Å². The van der Waals surface area contributed by atoms with Crippen LogP contribution in [0.25, 0.3) is 0 Å². The summed E-state index contributed by atoms with van der Waals surface area (Å²) in [5, 5.41) is 0. The fourth-order valence-electron chi connectivity index (χ4n) is 15.0. The number of nitrogens with zero attached hydrogens (tertiary/aromatic N) is 3. The van der Waals surface area contributed by atoms with Crippen molar-refractivity contribution >= 4 is 0 Å². The van der Waals surface area contributed by atoms with Crippen molar-refractivity contribution in [1.29, 1.82) is 0 Å². The normalized spacial score (nSPS) is 23.6. The highest BCUT2D eigenvalue weighted by atomic mass is 16.6. The van der Waals surface area contributed by atoms with Crippen molar-refractivity contribution in [2.75, 3.05) is 147 Å². The van der Waals surface area contributed by atoms with Gasteiger partial charge in [0, 0.05) is 73.4 Å². The molecule has 0 N–H and O–H groups in total. The number of morpholine rings is 1. The number of methoxy groups -OCH3 is 2. The molecule has 0 aromatic rings. The van der Waals surface area contributed by atoms with E-state index in [1.165, 1.54) is 122 Å². The number of hydrogen-bond acceptors (Lipinski definition) is 11. The second-order valence-corrected chi connectivity index (χ2v) is 55.3. The van der Waals surface area contributed by atoms with Crippen LogP contribution in [0.1, 0.15) is 428 Å². The molecule has 11 nitrogen and oxygen atoms in total. The average molecular weight is 1740 g/mol. The topological polar surface area (TPSA) is 83.6 Å². The summed E-state index contributed by atoms with van der Waals surface area (Å²) in [5.41, 5.74) is 7.06. The molecule has 6 heterocycles. The van der Waals surface area contributed by atoms with Gasteiger partial charge in [-0.2, -0.15) is 0 Å². The standard InChI is InChI=1S/C11H23N.C9H19NO.C9H18O.C8H16O2.2C8H16O.3C8H16.C7H17N.C7H16O.C7H14.C7H16.C6H14O/c1-11(2,3)10-6-5-8-12(4)9-7-10;1-9(2,3)8-10-4-6-11-7-5-10;1-9(2,3)8-4-6-10-7-5-8;1-8(2,3)7-6-9-4-5-10-7;1-8(2,3)7-4-5-9-6-7;1-8(2,3)7-5-4-6-9-7;1-7(2,3)8(4)5-6-8;1-6-5-7(6)8(2,3)4;1-8(2,3)7-5-4-6-7;1-7(2,3)6-8(4)5;1-6(8-5)7(2,3)4;1-7(2,3)6-4-5-6;1-6(2)7(3,4)5;1-6(2,3)5-7-4/h10H,5-9H2,1-4H3;4-8H2,1-3H3;8H,4-7H2,1-3H3;7H,4-6H2,1-3H3;2*7H,4-6H2,1-3H3;5-6H2,1-4H3;6-7H,5H2,1-4H3;7H,4-6H2,1-3H3;6H2,1-5H3;6H,1-5H3;6H,4-5H2,1-3H3;6H,1-5H3;5H2,1-4H3. The van der Waals surface area contributed by atoms with Crippen LogP contribution in [0.2, 0.25) is 0 Å². The first-order valence-electron chi connectivity index (χ1n) is 50.2. The molecule has 0 amide bonds. The summed E-state index contributed by atoms with van der Waals surface area (Å²) in [6.07, 6.45) is 23.3. The Labute approximate surface area is 770 Å².